The molecule has 0 fully saturated rings. The van der Waals surface area contributed by atoms with Crippen LogP contribution in [0.2, 0.25) is 0 Å². The molecule has 1 aromatic carbocycles. The van der Waals surface area contributed by atoms with E-state index in [1.54, 1.807) is 0 Å². The van der Waals surface area contributed by atoms with E-state index in [0.717, 1.165) is 22.6 Å². The number of hydrogen-bond donors (Lipinski definition) is 1. The molecule has 5 nitrogen and oxygen atoms in total. The van der Waals surface area contributed by atoms with Gasteiger partial charge in [0.2, 0.25) is 0 Å². The summed E-state index contributed by atoms with van der Waals surface area (Å²) >= 11 is 1.38. The highest BCUT2D eigenvalue weighted by molar-refractivity contribution is 8.00. The van der Waals surface area contributed by atoms with E-state index in [4.69, 9.17) is 0 Å². The highest BCUT2D eigenvalue weighted by atomic mass is 32.2. The predicted octanol–water partition coefficient (Wildman–Crippen LogP) is 3.58. The molecule has 0 saturated carbocycles. The molecule has 1 unspecified atom stereocenters. The van der Waals surface area contributed by atoms with Crippen LogP contribution >= 0.6 is 11.8 Å². The fraction of sp³-hybridized carbons (Fsp3) is 0.235. The number of para-hydroxylation sites is 1. The number of hydrogen-bond acceptors (Lipinski definition) is 4. The van der Waals surface area contributed by atoms with Gasteiger partial charge in [-0.25, -0.2) is 4.98 Å². The third-order valence-electron chi connectivity index (χ3n) is 3.76. The summed E-state index contributed by atoms with van der Waals surface area (Å²) in [5.41, 5.74) is 3.83. The first-order valence-corrected chi connectivity index (χ1v) is 8.26. The van der Waals surface area contributed by atoms with Crippen LogP contribution in [0.1, 0.15) is 28.7 Å². The molecule has 3 aromatic rings. The number of Topliss-reactive ketones (excluding diaryl/α,β-unsaturated/α-hetero) is 1. The second-order valence-electron chi connectivity index (χ2n) is 5.37. The Labute approximate surface area is 139 Å². The van der Waals surface area contributed by atoms with Gasteiger partial charge in [0, 0.05) is 22.6 Å². The molecule has 3 rings (SSSR count). The largest absolute Gasteiger partial charge is 0.318 e. The Morgan fingerprint density at radius 3 is 2.65 bits per heavy atom. The minimum atomic E-state index is -0.229. The summed E-state index contributed by atoms with van der Waals surface area (Å²) in [6.07, 6.45) is 1.45. The lowest BCUT2D eigenvalue weighted by molar-refractivity contribution is 0.0993. The summed E-state index contributed by atoms with van der Waals surface area (Å²) < 4.78 is 2.11. The van der Waals surface area contributed by atoms with Gasteiger partial charge in [0.1, 0.15) is 6.33 Å². The second kappa shape index (κ2) is 6.42. The molecule has 0 bridgehead atoms. The number of aryl methyl sites for hydroxylation is 1. The SMILES string of the molecule is Cc1cc(C(=O)C(C)Sc2ncn[nH]2)c(C)n1-c1ccccc1. The van der Waals surface area contributed by atoms with Crippen molar-refractivity contribution in [3.8, 4) is 5.69 Å². The number of aromatic amines is 1. The van der Waals surface area contributed by atoms with Crippen molar-refractivity contribution >= 4 is 17.5 Å². The third kappa shape index (κ3) is 3.07. The van der Waals surface area contributed by atoms with Gasteiger partial charge in [-0.2, -0.15) is 5.10 Å². The van der Waals surface area contributed by atoms with Crippen LogP contribution in [0.4, 0.5) is 0 Å². The number of benzene rings is 1. The molecule has 0 aliphatic heterocycles. The molecular formula is C17H18N4OS. The lowest BCUT2D eigenvalue weighted by Crippen LogP contribution is -2.14. The smallest absolute Gasteiger partial charge is 0.184 e. The Bertz CT molecular complexity index is 809. The van der Waals surface area contributed by atoms with Crippen molar-refractivity contribution in [3.05, 3.63) is 59.7 Å². The molecule has 6 heteroatoms. The van der Waals surface area contributed by atoms with Crippen LogP contribution in [-0.4, -0.2) is 30.8 Å². The maximum absolute atomic E-state index is 12.8. The molecule has 23 heavy (non-hydrogen) atoms. The molecule has 0 spiro atoms. The number of rotatable bonds is 5. The van der Waals surface area contributed by atoms with E-state index in [2.05, 4.69) is 19.7 Å². The van der Waals surface area contributed by atoms with E-state index >= 15 is 0 Å². The number of carbonyl (C=O) groups excluding carboxylic acids is 1. The highest BCUT2D eigenvalue weighted by Gasteiger charge is 2.23. The van der Waals surface area contributed by atoms with Crippen molar-refractivity contribution in [2.24, 2.45) is 0 Å². The standard InChI is InChI=1S/C17H18N4OS/c1-11-9-15(12(2)21(11)14-7-5-4-6-8-14)16(22)13(3)23-17-18-10-19-20-17/h4-10,13H,1-3H3,(H,18,19,20). The minimum Gasteiger partial charge on any atom is -0.318 e. The molecule has 0 saturated heterocycles. The molecule has 0 radical (unpaired) electrons. The van der Waals surface area contributed by atoms with Crippen molar-refractivity contribution in [2.75, 3.05) is 0 Å². The molecule has 0 aliphatic carbocycles. The lowest BCUT2D eigenvalue weighted by atomic mass is 10.1. The topological polar surface area (TPSA) is 63.6 Å². The van der Waals surface area contributed by atoms with Gasteiger partial charge >= 0.3 is 0 Å². The molecule has 2 heterocycles. The highest BCUT2D eigenvalue weighted by Crippen LogP contribution is 2.26. The van der Waals surface area contributed by atoms with Crippen LogP contribution in [0.3, 0.4) is 0 Å². The molecule has 1 atom stereocenters. The number of ketones is 1. The second-order valence-corrected chi connectivity index (χ2v) is 6.70. The van der Waals surface area contributed by atoms with E-state index in [9.17, 15) is 4.79 Å². The van der Waals surface area contributed by atoms with Gasteiger partial charge in [-0.15, -0.1) is 0 Å². The first-order chi connectivity index (χ1) is 11.1. The number of thioether (sulfide) groups is 1. The van der Waals surface area contributed by atoms with E-state index < -0.39 is 0 Å². The summed E-state index contributed by atoms with van der Waals surface area (Å²) in [6.45, 7) is 5.90. The van der Waals surface area contributed by atoms with Crippen molar-refractivity contribution in [1.82, 2.24) is 19.7 Å². The number of nitrogens with one attached hydrogen (secondary N) is 1. The molecular weight excluding hydrogens is 308 g/mol. The van der Waals surface area contributed by atoms with Gasteiger partial charge in [-0.3, -0.25) is 9.89 Å². The van der Waals surface area contributed by atoms with Gasteiger partial charge < -0.3 is 4.57 Å². The van der Waals surface area contributed by atoms with Crippen LogP contribution in [0.5, 0.6) is 0 Å². The zero-order valence-electron chi connectivity index (χ0n) is 13.3. The quantitative estimate of drug-likeness (QED) is 0.575. The van der Waals surface area contributed by atoms with E-state index in [1.807, 2.05) is 57.2 Å². The van der Waals surface area contributed by atoms with Gasteiger partial charge in [0.15, 0.2) is 10.9 Å². The van der Waals surface area contributed by atoms with Crippen molar-refractivity contribution in [3.63, 3.8) is 0 Å². The number of carbonyl (C=O) groups is 1. The Morgan fingerprint density at radius 2 is 2.00 bits per heavy atom. The first kappa shape index (κ1) is 15.6. The van der Waals surface area contributed by atoms with Gasteiger partial charge in [-0.1, -0.05) is 30.0 Å². The maximum Gasteiger partial charge on any atom is 0.184 e. The molecule has 1 N–H and O–H groups in total. The average molecular weight is 326 g/mol. The van der Waals surface area contributed by atoms with Crippen molar-refractivity contribution < 1.29 is 4.79 Å². The average Bonchev–Trinajstić information content (AvgIpc) is 3.15. The number of H-pyrrole nitrogens is 1. The van der Waals surface area contributed by atoms with Crippen LogP contribution in [0, 0.1) is 13.8 Å². The monoisotopic (exact) mass is 326 g/mol. The molecule has 0 amide bonds. The van der Waals surface area contributed by atoms with E-state index in [1.165, 1.54) is 18.1 Å². The molecule has 0 aliphatic rings. The Hall–Kier alpha value is -2.34. The zero-order valence-corrected chi connectivity index (χ0v) is 14.1. The first-order valence-electron chi connectivity index (χ1n) is 7.38. The van der Waals surface area contributed by atoms with Crippen LogP contribution in [0.15, 0.2) is 47.9 Å². The Kier molecular flexibility index (Phi) is 4.34. The van der Waals surface area contributed by atoms with Gasteiger partial charge in [0.25, 0.3) is 0 Å². The number of aromatic nitrogens is 4. The fourth-order valence-electron chi connectivity index (χ4n) is 2.68. The summed E-state index contributed by atoms with van der Waals surface area (Å²) in [5.74, 6) is 0.0988. The predicted molar refractivity (Wildman–Crippen MR) is 91.3 cm³/mol. The number of nitrogens with zero attached hydrogens (tertiary/aromatic N) is 3. The summed E-state index contributed by atoms with van der Waals surface area (Å²) in [5, 5.41) is 7.01. The summed E-state index contributed by atoms with van der Waals surface area (Å²) in [6, 6.07) is 12.0. The molecule has 2 aromatic heterocycles. The lowest BCUT2D eigenvalue weighted by Gasteiger charge is -2.11. The summed E-state index contributed by atoms with van der Waals surface area (Å²) in [4.78, 5) is 16.9. The van der Waals surface area contributed by atoms with Gasteiger partial charge in [0.05, 0.1) is 5.25 Å². The van der Waals surface area contributed by atoms with Crippen molar-refractivity contribution in [2.45, 2.75) is 31.2 Å². The zero-order chi connectivity index (χ0) is 16.4. The van der Waals surface area contributed by atoms with Crippen LogP contribution in [0.25, 0.3) is 5.69 Å². The van der Waals surface area contributed by atoms with Crippen molar-refractivity contribution in [1.29, 1.82) is 0 Å². The third-order valence-corrected chi connectivity index (χ3v) is 4.75. The van der Waals surface area contributed by atoms with Crippen LogP contribution < -0.4 is 0 Å². The Morgan fingerprint density at radius 1 is 1.26 bits per heavy atom. The minimum absolute atomic E-state index is 0.0988. The fourth-order valence-corrected chi connectivity index (χ4v) is 3.46. The molecule has 118 valence electrons. The van der Waals surface area contributed by atoms with E-state index in [-0.39, 0.29) is 11.0 Å². The van der Waals surface area contributed by atoms with Crippen LogP contribution in [-0.2, 0) is 0 Å². The normalized spacial score (nSPS) is 12.3. The van der Waals surface area contributed by atoms with E-state index in [0.29, 0.717) is 5.16 Å². The maximum atomic E-state index is 12.8. The summed E-state index contributed by atoms with van der Waals surface area (Å²) in [7, 11) is 0. The van der Waals surface area contributed by atoms with Gasteiger partial charge in [-0.05, 0) is 39.0 Å². The Balaban J connectivity index is 1.90.